The summed E-state index contributed by atoms with van der Waals surface area (Å²) in [5.74, 6) is 0. The molecule has 2 N–H and O–H groups in total. The van der Waals surface area contributed by atoms with E-state index in [9.17, 15) is 4.79 Å². The van der Waals surface area contributed by atoms with Crippen LogP contribution in [0.2, 0.25) is 0 Å². The molecule has 1 aliphatic heterocycles. The predicted molar refractivity (Wildman–Crippen MR) is 79.3 cm³/mol. The van der Waals surface area contributed by atoms with Crippen molar-refractivity contribution in [3.8, 4) is 0 Å². The Morgan fingerprint density at radius 2 is 1.90 bits per heavy atom. The Morgan fingerprint density at radius 3 is 2.50 bits per heavy atom. The van der Waals surface area contributed by atoms with Crippen molar-refractivity contribution in [1.29, 1.82) is 0 Å². The molecule has 2 rings (SSSR count). The largest absolute Gasteiger partial charge is 0.444 e. The number of ether oxygens (including phenoxy) is 1. The van der Waals surface area contributed by atoms with Crippen molar-refractivity contribution in [2.45, 2.75) is 51.3 Å². The van der Waals surface area contributed by atoms with E-state index in [2.05, 4.69) is 12.1 Å². The molecule has 0 spiro atoms. The molecule has 4 heteroatoms. The molecule has 1 fully saturated rings. The molecule has 0 bridgehead atoms. The molecule has 0 aromatic heterocycles. The zero-order valence-corrected chi connectivity index (χ0v) is 12.5. The molecule has 110 valence electrons. The molecular weight excluding hydrogens is 252 g/mol. The third kappa shape index (κ3) is 3.73. The molecule has 2 unspecified atom stereocenters. The molecule has 1 amide bonds. The van der Waals surface area contributed by atoms with Gasteiger partial charge in [0.15, 0.2) is 0 Å². The Labute approximate surface area is 120 Å². The second-order valence-corrected chi connectivity index (χ2v) is 6.40. The average molecular weight is 276 g/mol. The molecule has 1 aromatic rings. The number of carbonyl (C=O) groups excluding carboxylic acids is 1. The van der Waals surface area contributed by atoms with E-state index in [1.165, 1.54) is 0 Å². The van der Waals surface area contributed by atoms with E-state index in [4.69, 9.17) is 10.5 Å². The van der Waals surface area contributed by atoms with E-state index < -0.39 is 5.60 Å². The normalized spacial score (nSPS) is 23.5. The van der Waals surface area contributed by atoms with Crippen LogP contribution in [0, 0.1) is 0 Å². The smallest absolute Gasteiger partial charge is 0.410 e. The van der Waals surface area contributed by atoms with Crippen LogP contribution < -0.4 is 5.73 Å². The maximum absolute atomic E-state index is 12.4. The Hall–Kier alpha value is -1.55. The number of rotatable bonds is 1. The molecule has 20 heavy (non-hydrogen) atoms. The predicted octanol–water partition coefficient (Wildman–Crippen LogP) is 3.09. The Morgan fingerprint density at radius 1 is 1.25 bits per heavy atom. The molecule has 1 aliphatic rings. The van der Waals surface area contributed by atoms with Gasteiger partial charge >= 0.3 is 6.09 Å². The maximum Gasteiger partial charge on any atom is 0.410 e. The third-order valence-electron chi connectivity index (χ3n) is 3.43. The van der Waals surface area contributed by atoms with Crippen LogP contribution in [-0.4, -0.2) is 29.2 Å². The monoisotopic (exact) mass is 276 g/mol. The summed E-state index contributed by atoms with van der Waals surface area (Å²) in [6.07, 6.45) is 1.53. The van der Waals surface area contributed by atoms with Crippen LogP contribution in [0.5, 0.6) is 0 Å². The van der Waals surface area contributed by atoms with Gasteiger partial charge < -0.3 is 10.5 Å². The Kier molecular flexibility index (Phi) is 4.33. The second kappa shape index (κ2) is 5.83. The highest BCUT2D eigenvalue weighted by molar-refractivity contribution is 5.69. The number of nitrogens with two attached hydrogens (primary N) is 1. The lowest BCUT2D eigenvalue weighted by molar-refractivity contribution is 0.00731. The second-order valence-electron chi connectivity index (χ2n) is 6.40. The van der Waals surface area contributed by atoms with Gasteiger partial charge in [-0.25, -0.2) is 4.79 Å². The summed E-state index contributed by atoms with van der Waals surface area (Å²) in [6, 6.07) is 10.2. The summed E-state index contributed by atoms with van der Waals surface area (Å²) in [4.78, 5) is 14.2. The molecule has 1 heterocycles. The Bertz CT molecular complexity index is 453. The number of benzene rings is 1. The summed E-state index contributed by atoms with van der Waals surface area (Å²) in [5.41, 5.74) is 6.68. The Balaban J connectivity index is 2.19. The van der Waals surface area contributed by atoms with E-state index in [0.717, 1.165) is 18.4 Å². The van der Waals surface area contributed by atoms with Gasteiger partial charge in [0.05, 0.1) is 6.04 Å². The highest BCUT2D eigenvalue weighted by Crippen LogP contribution is 2.31. The lowest BCUT2D eigenvalue weighted by Crippen LogP contribution is -2.49. The van der Waals surface area contributed by atoms with Gasteiger partial charge in [0.25, 0.3) is 0 Å². The van der Waals surface area contributed by atoms with Gasteiger partial charge in [-0.05, 0) is 39.2 Å². The zero-order valence-electron chi connectivity index (χ0n) is 12.5. The average Bonchev–Trinajstić information content (AvgIpc) is 2.37. The van der Waals surface area contributed by atoms with Gasteiger partial charge in [-0.15, -0.1) is 0 Å². The van der Waals surface area contributed by atoms with Gasteiger partial charge in [-0.3, -0.25) is 4.90 Å². The quantitative estimate of drug-likeness (QED) is 0.857. The zero-order chi connectivity index (χ0) is 14.8. The highest BCUT2D eigenvalue weighted by atomic mass is 16.6. The molecule has 0 aliphatic carbocycles. The van der Waals surface area contributed by atoms with E-state index in [-0.39, 0.29) is 18.2 Å². The van der Waals surface area contributed by atoms with Crippen molar-refractivity contribution in [3.05, 3.63) is 35.9 Å². The SMILES string of the molecule is CC(C)(C)OC(=O)N1CC(N)CCC1c1ccccc1. The van der Waals surface area contributed by atoms with E-state index in [1.54, 1.807) is 4.90 Å². The first kappa shape index (κ1) is 14.9. The number of likely N-dealkylation sites (tertiary alicyclic amines) is 1. The number of hydrogen-bond acceptors (Lipinski definition) is 3. The van der Waals surface area contributed by atoms with Gasteiger partial charge in [-0.2, -0.15) is 0 Å². The summed E-state index contributed by atoms with van der Waals surface area (Å²) < 4.78 is 5.51. The van der Waals surface area contributed by atoms with Crippen LogP contribution >= 0.6 is 0 Å². The fraction of sp³-hybridized carbons (Fsp3) is 0.562. The van der Waals surface area contributed by atoms with Crippen molar-refractivity contribution in [1.82, 2.24) is 4.90 Å². The van der Waals surface area contributed by atoms with Crippen LogP contribution in [0.15, 0.2) is 30.3 Å². The van der Waals surface area contributed by atoms with Crippen molar-refractivity contribution in [3.63, 3.8) is 0 Å². The van der Waals surface area contributed by atoms with Crippen molar-refractivity contribution < 1.29 is 9.53 Å². The van der Waals surface area contributed by atoms with Gasteiger partial charge in [0, 0.05) is 12.6 Å². The molecular formula is C16H24N2O2. The number of piperidine rings is 1. The number of nitrogens with zero attached hydrogens (tertiary/aromatic N) is 1. The van der Waals surface area contributed by atoms with E-state index >= 15 is 0 Å². The topological polar surface area (TPSA) is 55.6 Å². The molecule has 2 atom stereocenters. The maximum atomic E-state index is 12.4. The summed E-state index contributed by atoms with van der Waals surface area (Å²) in [5, 5.41) is 0. The van der Waals surface area contributed by atoms with Crippen molar-refractivity contribution in [2.75, 3.05) is 6.54 Å². The van der Waals surface area contributed by atoms with Crippen LogP contribution in [0.25, 0.3) is 0 Å². The highest BCUT2D eigenvalue weighted by Gasteiger charge is 2.33. The number of carbonyl (C=O) groups is 1. The van der Waals surface area contributed by atoms with Crippen LogP contribution in [0.4, 0.5) is 4.79 Å². The minimum Gasteiger partial charge on any atom is -0.444 e. The fourth-order valence-corrected chi connectivity index (χ4v) is 2.54. The van der Waals surface area contributed by atoms with Crippen molar-refractivity contribution >= 4 is 6.09 Å². The van der Waals surface area contributed by atoms with Gasteiger partial charge in [0.1, 0.15) is 5.60 Å². The lowest BCUT2D eigenvalue weighted by Gasteiger charge is -2.39. The van der Waals surface area contributed by atoms with Gasteiger partial charge in [-0.1, -0.05) is 30.3 Å². The van der Waals surface area contributed by atoms with Gasteiger partial charge in [0.2, 0.25) is 0 Å². The number of hydrogen-bond donors (Lipinski definition) is 1. The molecule has 4 nitrogen and oxygen atoms in total. The minimum absolute atomic E-state index is 0.0301. The fourth-order valence-electron chi connectivity index (χ4n) is 2.54. The standard InChI is InChI=1S/C16H24N2O2/c1-16(2,3)20-15(19)18-11-13(17)9-10-14(18)12-7-5-4-6-8-12/h4-8,13-14H,9-11,17H2,1-3H3. The minimum atomic E-state index is -0.486. The first-order chi connectivity index (χ1) is 9.37. The summed E-state index contributed by atoms with van der Waals surface area (Å²) >= 11 is 0. The molecule has 1 saturated heterocycles. The molecule has 1 aromatic carbocycles. The lowest BCUT2D eigenvalue weighted by atomic mass is 9.93. The van der Waals surface area contributed by atoms with E-state index in [1.807, 2.05) is 39.0 Å². The summed E-state index contributed by atoms with van der Waals surface area (Å²) in [6.45, 7) is 6.19. The third-order valence-corrected chi connectivity index (χ3v) is 3.43. The van der Waals surface area contributed by atoms with Crippen LogP contribution in [0.3, 0.4) is 0 Å². The first-order valence-electron chi connectivity index (χ1n) is 7.17. The molecule has 0 radical (unpaired) electrons. The molecule has 0 saturated carbocycles. The van der Waals surface area contributed by atoms with E-state index in [0.29, 0.717) is 6.54 Å². The van der Waals surface area contributed by atoms with Crippen LogP contribution in [-0.2, 0) is 4.74 Å². The van der Waals surface area contributed by atoms with Crippen molar-refractivity contribution in [2.24, 2.45) is 5.73 Å². The first-order valence-corrected chi connectivity index (χ1v) is 7.17. The number of amides is 1. The summed E-state index contributed by atoms with van der Waals surface area (Å²) in [7, 11) is 0. The van der Waals surface area contributed by atoms with Crippen LogP contribution in [0.1, 0.15) is 45.2 Å².